The highest BCUT2D eigenvalue weighted by Crippen LogP contribution is 2.01. The van der Waals surface area contributed by atoms with Gasteiger partial charge >= 0.3 is 0 Å². The highest BCUT2D eigenvalue weighted by molar-refractivity contribution is 4.89. The van der Waals surface area contributed by atoms with E-state index in [1.807, 2.05) is 0 Å². The van der Waals surface area contributed by atoms with Crippen molar-refractivity contribution >= 4 is 0 Å². The molecule has 1 aliphatic rings. The lowest BCUT2D eigenvalue weighted by atomic mass is 10.2. The fourth-order valence-electron chi connectivity index (χ4n) is 0.969. The SMILES string of the molecule is CCC1COC(C#N)CN1. The molecule has 0 aliphatic carbocycles. The zero-order chi connectivity index (χ0) is 7.40. The Bertz CT molecular complexity index is 133. The van der Waals surface area contributed by atoms with E-state index in [4.69, 9.17) is 10.00 Å². The second-order valence-electron chi connectivity index (χ2n) is 2.46. The molecule has 0 aromatic rings. The van der Waals surface area contributed by atoms with Gasteiger partial charge in [-0.2, -0.15) is 5.26 Å². The number of rotatable bonds is 1. The van der Waals surface area contributed by atoms with Crippen LogP contribution in [-0.2, 0) is 4.74 Å². The second kappa shape index (κ2) is 3.55. The molecule has 3 nitrogen and oxygen atoms in total. The standard InChI is InChI=1S/C7H12N2O/c1-2-6-5-10-7(3-8)4-9-6/h6-7,9H,2,4-5H2,1H3. The first-order valence-corrected chi connectivity index (χ1v) is 3.61. The van der Waals surface area contributed by atoms with Crippen LogP contribution in [0.1, 0.15) is 13.3 Å². The molecule has 0 amide bonds. The van der Waals surface area contributed by atoms with Gasteiger partial charge in [-0.1, -0.05) is 6.92 Å². The molecule has 0 aromatic heterocycles. The molecular formula is C7H12N2O. The number of morpholine rings is 1. The summed E-state index contributed by atoms with van der Waals surface area (Å²) in [6, 6.07) is 2.51. The lowest BCUT2D eigenvalue weighted by Crippen LogP contribution is -2.45. The van der Waals surface area contributed by atoms with Crippen LogP contribution >= 0.6 is 0 Å². The first kappa shape index (κ1) is 7.52. The van der Waals surface area contributed by atoms with Gasteiger partial charge in [-0.05, 0) is 6.42 Å². The smallest absolute Gasteiger partial charge is 0.156 e. The van der Waals surface area contributed by atoms with E-state index in [1.54, 1.807) is 0 Å². The predicted molar refractivity (Wildman–Crippen MR) is 37.4 cm³/mol. The maximum Gasteiger partial charge on any atom is 0.156 e. The maximum atomic E-state index is 8.43. The summed E-state index contributed by atoms with van der Waals surface area (Å²) < 4.78 is 5.21. The zero-order valence-electron chi connectivity index (χ0n) is 6.13. The molecule has 1 aliphatic heterocycles. The van der Waals surface area contributed by atoms with Crippen molar-refractivity contribution in [1.82, 2.24) is 5.32 Å². The molecular weight excluding hydrogens is 128 g/mol. The summed E-state index contributed by atoms with van der Waals surface area (Å²) in [5, 5.41) is 11.7. The van der Waals surface area contributed by atoms with Crippen LogP contribution in [0, 0.1) is 11.3 Å². The molecule has 1 heterocycles. The molecule has 10 heavy (non-hydrogen) atoms. The molecule has 2 atom stereocenters. The first-order chi connectivity index (χ1) is 4.86. The Hall–Kier alpha value is -0.590. The Balaban J connectivity index is 2.25. The van der Waals surface area contributed by atoms with Crippen LogP contribution in [0.4, 0.5) is 0 Å². The minimum atomic E-state index is -0.234. The van der Waals surface area contributed by atoms with E-state index in [0.717, 1.165) is 6.42 Å². The van der Waals surface area contributed by atoms with Gasteiger partial charge in [0.2, 0.25) is 0 Å². The molecule has 56 valence electrons. The monoisotopic (exact) mass is 140 g/mol. The molecule has 2 unspecified atom stereocenters. The molecule has 1 fully saturated rings. The van der Waals surface area contributed by atoms with Gasteiger partial charge in [-0.25, -0.2) is 0 Å². The molecule has 0 radical (unpaired) electrons. The molecule has 1 saturated heterocycles. The Labute approximate surface area is 61.0 Å². The van der Waals surface area contributed by atoms with E-state index in [9.17, 15) is 0 Å². The van der Waals surface area contributed by atoms with Crippen LogP contribution in [0.25, 0.3) is 0 Å². The van der Waals surface area contributed by atoms with Crippen molar-refractivity contribution in [3.63, 3.8) is 0 Å². The van der Waals surface area contributed by atoms with E-state index in [2.05, 4.69) is 18.3 Å². The van der Waals surface area contributed by atoms with Gasteiger partial charge < -0.3 is 10.1 Å². The normalized spacial score (nSPS) is 33.2. The van der Waals surface area contributed by atoms with Crippen molar-refractivity contribution in [2.45, 2.75) is 25.5 Å². The summed E-state index contributed by atoms with van der Waals surface area (Å²) in [5.74, 6) is 0. The minimum Gasteiger partial charge on any atom is -0.360 e. The zero-order valence-corrected chi connectivity index (χ0v) is 6.13. The lowest BCUT2D eigenvalue weighted by molar-refractivity contribution is 0.0351. The number of nitrogens with one attached hydrogen (secondary N) is 1. The molecule has 0 aromatic carbocycles. The lowest BCUT2D eigenvalue weighted by Gasteiger charge is -2.25. The summed E-state index contributed by atoms with van der Waals surface area (Å²) in [5.41, 5.74) is 0. The fourth-order valence-corrected chi connectivity index (χ4v) is 0.969. The van der Waals surface area contributed by atoms with Gasteiger partial charge in [-0.3, -0.25) is 0 Å². The Morgan fingerprint density at radius 2 is 2.60 bits per heavy atom. The molecule has 1 N–H and O–H groups in total. The number of nitriles is 1. The third kappa shape index (κ3) is 1.69. The number of hydrogen-bond donors (Lipinski definition) is 1. The van der Waals surface area contributed by atoms with Crippen LogP contribution in [0.2, 0.25) is 0 Å². The molecule has 0 bridgehead atoms. The van der Waals surface area contributed by atoms with Crippen LogP contribution in [-0.4, -0.2) is 25.3 Å². The average Bonchev–Trinajstić information content (AvgIpc) is 2.05. The van der Waals surface area contributed by atoms with Crippen molar-refractivity contribution in [3.8, 4) is 6.07 Å². The summed E-state index contributed by atoms with van der Waals surface area (Å²) in [7, 11) is 0. The van der Waals surface area contributed by atoms with Crippen molar-refractivity contribution in [2.24, 2.45) is 0 Å². The van der Waals surface area contributed by atoms with E-state index in [-0.39, 0.29) is 6.10 Å². The first-order valence-electron chi connectivity index (χ1n) is 3.61. The summed E-state index contributed by atoms with van der Waals surface area (Å²) in [4.78, 5) is 0. The van der Waals surface area contributed by atoms with Crippen LogP contribution in [0.5, 0.6) is 0 Å². The largest absolute Gasteiger partial charge is 0.360 e. The van der Waals surface area contributed by atoms with E-state index < -0.39 is 0 Å². The van der Waals surface area contributed by atoms with Gasteiger partial charge in [0.15, 0.2) is 6.10 Å². The van der Waals surface area contributed by atoms with Crippen LogP contribution < -0.4 is 5.32 Å². The maximum absolute atomic E-state index is 8.43. The summed E-state index contributed by atoms with van der Waals surface area (Å²) in [6.07, 6.45) is 0.834. The number of ether oxygens (including phenoxy) is 1. The van der Waals surface area contributed by atoms with Crippen molar-refractivity contribution < 1.29 is 4.74 Å². The van der Waals surface area contributed by atoms with Crippen molar-refractivity contribution in [1.29, 1.82) is 5.26 Å². The Morgan fingerprint density at radius 1 is 1.80 bits per heavy atom. The average molecular weight is 140 g/mol. The van der Waals surface area contributed by atoms with Gasteiger partial charge in [0, 0.05) is 12.6 Å². The van der Waals surface area contributed by atoms with Crippen molar-refractivity contribution in [3.05, 3.63) is 0 Å². The third-order valence-electron chi connectivity index (χ3n) is 1.73. The predicted octanol–water partition coefficient (Wildman–Crippen LogP) is 0.277. The van der Waals surface area contributed by atoms with E-state index in [1.165, 1.54) is 0 Å². The minimum absolute atomic E-state index is 0.234. The number of nitrogens with zero attached hydrogens (tertiary/aromatic N) is 1. The molecule has 1 rings (SSSR count). The third-order valence-corrected chi connectivity index (χ3v) is 1.73. The van der Waals surface area contributed by atoms with Gasteiger partial charge in [0.1, 0.15) is 0 Å². The van der Waals surface area contributed by atoms with Crippen molar-refractivity contribution in [2.75, 3.05) is 13.2 Å². The highest BCUT2D eigenvalue weighted by atomic mass is 16.5. The van der Waals surface area contributed by atoms with Crippen LogP contribution in [0.3, 0.4) is 0 Å². The second-order valence-corrected chi connectivity index (χ2v) is 2.46. The fraction of sp³-hybridized carbons (Fsp3) is 0.857. The van der Waals surface area contributed by atoms with Crippen LogP contribution in [0.15, 0.2) is 0 Å². The highest BCUT2D eigenvalue weighted by Gasteiger charge is 2.18. The van der Waals surface area contributed by atoms with Gasteiger partial charge in [0.05, 0.1) is 12.7 Å². The van der Waals surface area contributed by atoms with Gasteiger partial charge in [-0.15, -0.1) is 0 Å². The Kier molecular flexibility index (Phi) is 2.67. The number of hydrogen-bond acceptors (Lipinski definition) is 3. The summed E-state index contributed by atoms with van der Waals surface area (Å²) >= 11 is 0. The molecule has 0 saturated carbocycles. The van der Waals surface area contributed by atoms with E-state index in [0.29, 0.717) is 19.2 Å². The van der Waals surface area contributed by atoms with Gasteiger partial charge in [0.25, 0.3) is 0 Å². The Morgan fingerprint density at radius 3 is 3.00 bits per heavy atom. The quantitative estimate of drug-likeness (QED) is 0.569. The molecule has 3 heteroatoms. The van der Waals surface area contributed by atoms with E-state index >= 15 is 0 Å². The molecule has 0 spiro atoms. The summed E-state index contributed by atoms with van der Waals surface area (Å²) in [6.45, 7) is 3.46. The topological polar surface area (TPSA) is 45.0 Å².